The third kappa shape index (κ3) is 4.45. The molecule has 1 heteroatoms. The first kappa shape index (κ1) is 13.6. The lowest BCUT2D eigenvalue weighted by Crippen LogP contribution is -2.25. The van der Waals surface area contributed by atoms with Crippen LogP contribution in [0.1, 0.15) is 51.0 Å². The molecule has 1 aromatic rings. The summed E-state index contributed by atoms with van der Waals surface area (Å²) in [6, 6.07) is 10.9. The van der Waals surface area contributed by atoms with E-state index in [0.29, 0.717) is 11.8 Å². The summed E-state index contributed by atoms with van der Waals surface area (Å²) >= 11 is 0. The maximum absolute atomic E-state index is 3.65. The van der Waals surface area contributed by atoms with Crippen LogP contribution >= 0.6 is 0 Å². The Balaban J connectivity index is 1.72. The Hall–Kier alpha value is -0.820. The fourth-order valence-electron chi connectivity index (χ4n) is 2.62. The summed E-state index contributed by atoms with van der Waals surface area (Å²) in [4.78, 5) is 0. The second-order valence-corrected chi connectivity index (χ2v) is 6.05. The number of benzene rings is 1. The molecular weight excluding hydrogens is 218 g/mol. The summed E-state index contributed by atoms with van der Waals surface area (Å²) in [7, 11) is 0. The highest BCUT2D eigenvalue weighted by molar-refractivity contribution is 5.20. The van der Waals surface area contributed by atoms with Crippen molar-refractivity contribution in [1.29, 1.82) is 0 Å². The van der Waals surface area contributed by atoms with Crippen molar-refractivity contribution in [3.8, 4) is 0 Å². The standard InChI is InChI=1S/C17H27N/c1-14(2)17(16-8-4-3-5-9-16)13-18-12-6-7-15-10-11-15/h3-5,8-9,14-15,17-18H,6-7,10-13H2,1-2H3. The van der Waals surface area contributed by atoms with Gasteiger partial charge in [0, 0.05) is 6.54 Å². The molecule has 1 aliphatic rings. The van der Waals surface area contributed by atoms with Crippen LogP contribution in [0.2, 0.25) is 0 Å². The summed E-state index contributed by atoms with van der Waals surface area (Å²) in [5.74, 6) is 2.41. The van der Waals surface area contributed by atoms with Crippen molar-refractivity contribution in [2.24, 2.45) is 11.8 Å². The van der Waals surface area contributed by atoms with Crippen LogP contribution in [0, 0.1) is 11.8 Å². The zero-order valence-electron chi connectivity index (χ0n) is 11.9. The van der Waals surface area contributed by atoms with E-state index in [1.165, 1.54) is 37.8 Å². The minimum atomic E-state index is 0.645. The van der Waals surface area contributed by atoms with Crippen LogP contribution < -0.4 is 5.32 Å². The molecule has 0 aliphatic heterocycles. The summed E-state index contributed by atoms with van der Waals surface area (Å²) in [6.07, 6.45) is 5.76. The van der Waals surface area contributed by atoms with Crippen molar-refractivity contribution >= 4 is 0 Å². The topological polar surface area (TPSA) is 12.0 Å². The molecule has 1 fully saturated rings. The molecule has 1 unspecified atom stereocenters. The summed E-state index contributed by atoms with van der Waals surface area (Å²) in [5.41, 5.74) is 1.47. The molecule has 0 heterocycles. The van der Waals surface area contributed by atoms with Gasteiger partial charge in [0.2, 0.25) is 0 Å². The van der Waals surface area contributed by atoms with E-state index < -0.39 is 0 Å². The normalized spacial score (nSPS) is 17.1. The Morgan fingerprint density at radius 1 is 1.17 bits per heavy atom. The number of nitrogens with one attached hydrogen (secondary N) is 1. The predicted molar refractivity (Wildman–Crippen MR) is 78.8 cm³/mol. The lowest BCUT2D eigenvalue weighted by atomic mass is 9.88. The largest absolute Gasteiger partial charge is 0.316 e. The van der Waals surface area contributed by atoms with Crippen molar-refractivity contribution in [2.45, 2.75) is 45.4 Å². The molecule has 0 saturated heterocycles. The lowest BCUT2D eigenvalue weighted by molar-refractivity contribution is 0.455. The van der Waals surface area contributed by atoms with E-state index in [1.807, 2.05) is 0 Å². The molecule has 1 N–H and O–H groups in total. The molecule has 2 rings (SSSR count). The smallest absolute Gasteiger partial charge is 0.00226 e. The fraction of sp³-hybridized carbons (Fsp3) is 0.647. The molecule has 0 amide bonds. The Labute approximate surface area is 112 Å². The first-order valence-electron chi connectivity index (χ1n) is 7.53. The van der Waals surface area contributed by atoms with E-state index in [0.717, 1.165) is 12.5 Å². The molecule has 1 aliphatic carbocycles. The van der Waals surface area contributed by atoms with Gasteiger partial charge in [-0.25, -0.2) is 0 Å². The van der Waals surface area contributed by atoms with E-state index in [1.54, 1.807) is 0 Å². The average Bonchev–Trinajstić information content (AvgIpc) is 3.18. The molecule has 0 aromatic heterocycles. The van der Waals surface area contributed by atoms with Crippen molar-refractivity contribution in [1.82, 2.24) is 5.32 Å². The van der Waals surface area contributed by atoms with Gasteiger partial charge >= 0.3 is 0 Å². The van der Waals surface area contributed by atoms with Gasteiger partial charge in [-0.1, -0.05) is 57.0 Å². The summed E-state index contributed by atoms with van der Waals surface area (Å²) in [6.45, 7) is 6.95. The van der Waals surface area contributed by atoms with E-state index in [4.69, 9.17) is 0 Å². The fourth-order valence-corrected chi connectivity index (χ4v) is 2.62. The molecule has 1 saturated carbocycles. The number of hydrogen-bond acceptors (Lipinski definition) is 1. The molecule has 1 nitrogen and oxygen atoms in total. The van der Waals surface area contributed by atoms with Crippen molar-refractivity contribution in [2.75, 3.05) is 13.1 Å². The highest BCUT2D eigenvalue weighted by atomic mass is 14.9. The predicted octanol–water partition coefficient (Wildman–Crippen LogP) is 4.21. The zero-order valence-corrected chi connectivity index (χ0v) is 11.9. The number of rotatable bonds is 8. The van der Waals surface area contributed by atoms with Crippen LogP contribution in [-0.2, 0) is 0 Å². The molecule has 0 radical (unpaired) electrons. The minimum Gasteiger partial charge on any atom is -0.316 e. The van der Waals surface area contributed by atoms with Gasteiger partial charge in [0.25, 0.3) is 0 Å². The molecule has 1 aromatic carbocycles. The van der Waals surface area contributed by atoms with Crippen LogP contribution in [0.25, 0.3) is 0 Å². The quantitative estimate of drug-likeness (QED) is 0.677. The molecule has 100 valence electrons. The third-order valence-electron chi connectivity index (χ3n) is 4.06. The maximum Gasteiger partial charge on any atom is 0.00226 e. The van der Waals surface area contributed by atoms with Gasteiger partial charge in [0.15, 0.2) is 0 Å². The Kier molecular flexibility index (Phi) is 5.25. The van der Waals surface area contributed by atoms with Gasteiger partial charge in [0.1, 0.15) is 0 Å². The molecule has 0 bridgehead atoms. The first-order chi connectivity index (χ1) is 8.77. The Morgan fingerprint density at radius 3 is 2.50 bits per heavy atom. The molecule has 1 atom stereocenters. The monoisotopic (exact) mass is 245 g/mol. The van der Waals surface area contributed by atoms with Crippen LogP contribution in [0.5, 0.6) is 0 Å². The highest BCUT2D eigenvalue weighted by Crippen LogP contribution is 2.33. The van der Waals surface area contributed by atoms with E-state index in [-0.39, 0.29) is 0 Å². The van der Waals surface area contributed by atoms with Gasteiger partial charge in [0.05, 0.1) is 0 Å². The Morgan fingerprint density at radius 2 is 1.89 bits per heavy atom. The van der Waals surface area contributed by atoms with Gasteiger partial charge in [-0.15, -0.1) is 0 Å². The number of hydrogen-bond donors (Lipinski definition) is 1. The average molecular weight is 245 g/mol. The van der Waals surface area contributed by atoms with Gasteiger partial charge in [-0.2, -0.15) is 0 Å². The van der Waals surface area contributed by atoms with Gasteiger partial charge in [-0.3, -0.25) is 0 Å². The maximum atomic E-state index is 3.65. The van der Waals surface area contributed by atoms with Crippen molar-refractivity contribution < 1.29 is 0 Å². The molecular formula is C17H27N. The van der Waals surface area contributed by atoms with Gasteiger partial charge in [-0.05, 0) is 42.7 Å². The van der Waals surface area contributed by atoms with Crippen LogP contribution in [0.15, 0.2) is 30.3 Å². The van der Waals surface area contributed by atoms with Crippen LogP contribution in [0.4, 0.5) is 0 Å². The zero-order chi connectivity index (χ0) is 12.8. The SMILES string of the molecule is CC(C)C(CNCCCC1CC1)c1ccccc1. The van der Waals surface area contributed by atoms with Gasteiger partial charge < -0.3 is 5.32 Å². The van der Waals surface area contributed by atoms with Crippen LogP contribution in [-0.4, -0.2) is 13.1 Å². The second-order valence-electron chi connectivity index (χ2n) is 6.05. The third-order valence-corrected chi connectivity index (χ3v) is 4.06. The summed E-state index contributed by atoms with van der Waals surface area (Å²) in [5, 5.41) is 3.65. The van der Waals surface area contributed by atoms with E-state index >= 15 is 0 Å². The van der Waals surface area contributed by atoms with Crippen LogP contribution in [0.3, 0.4) is 0 Å². The molecule has 0 spiro atoms. The highest BCUT2D eigenvalue weighted by Gasteiger charge is 2.20. The molecule has 18 heavy (non-hydrogen) atoms. The Bertz CT molecular complexity index is 327. The van der Waals surface area contributed by atoms with Crippen molar-refractivity contribution in [3.63, 3.8) is 0 Å². The van der Waals surface area contributed by atoms with E-state index in [9.17, 15) is 0 Å². The lowest BCUT2D eigenvalue weighted by Gasteiger charge is -2.22. The first-order valence-corrected chi connectivity index (χ1v) is 7.53. The van der Waals surface area contributed by atoms with Crippen molar-refractivity contribution in [3.05, 3.63) is 35.9 Å². The minimum absolute atomic E-state index is 0.645. The second kappa shape index (κ2) is 6.94. The summed E-state index contributed by atoms with van der Waals surface area (Å²) < 4.78 is 0. The van der Waals surface area contributed by atoms with E-state index in [2.05, 4.69) is 49.5 Å².